The number of hydrogen-bond acceptors (Lipinski definition) is 5. The van der Waals surface area contributed by atoms with Crippen LogP contribution in [0.25, 0.3) is 16.9 Å². The minimum absolute atomic E-state index is 0.117. The highest BCUT2D eigenvalue weighted by Gasteiger charge is 2.26. The van der Waals surface area contributed by atoms with Crippen molar-refractivity contribution in [2.24, 2.45) is 0 Å². The van der Waals surface area contributed by atoms with Crippen molar-refractivity contribution in [2.45, 2.75) is 25.9 Å². The van der Waals surface area contributed by atoms with E-state index in [4.69, 9.17) is 26.1 Å². The molecule has 1 aliphatic heterocycles. The number of ether oxygens (including phenoxy) is 2. The van der Waals surface area contributed by atoms with E-state index >= 15 is 0 Å². The molecule has 4 aromatic rings. The summed E-state index contributed by atoms with van der Waals surface area (Å²) in [6.45, 7) is 2.81. The Morgan fingerprint density at radius 1 is 1.12 bits per heavy atom. The number of hydrogen-bond donors (Lipinski definition) is 1. The van der Waals surface area contributed by atoms with Gasteiger partial charge in [-0.1, -0.05) is 41.9 Å². The lowest BCUT2D eigenvalue weighted by atomic mass is 10.1. The van der Waals surface area contributed by atoms with Crippen LogP contribution in [0.4, 0.5) is 5.95 Å². The Labute approximate surface area is 238 Å². The Bertz CT molecular complexity index is 1500. The number of nitrogens with one attached hydrogen (secondary N) is 1. The molecule has 1 atom stereocenters. The van der Waals surface area contributed by atoms with E-state index in [0.29, 0.717) is 41.1 Å². The predicted molar refractivity (Wildman–Crippen MR) is 155 cm³/mol. The zero-order valence-electron chi connectivity index (χ0n) is 22.5. The van der Waals surface area contributed by atoms with Crippen molar-refractivity contribution in [1.29, 1.82) is 0 Å². The lowest BCUT2D eigenvalue weighted by Gasteiger charge is -2.25. The van der Waals surface area contributed by atoms with Crippen molar-refractivity contribution < 1.29 is 19.1 Å². The number of nitrogens with zero attached hydrogens (tertiary/aromatic N) is 3. The summed E-state index contributed by atoms with van der Waals surface area (Å²) in [5.41, 5.74) is 3.91. The summed E-state index contributed by atoms with van der Waals surface area (Å²) in [6, 6.07) is 22.2. The third kappa shape index (κ3) is 6.52. The van der Waals surface area contributed by atoms with Gasteiger partial charge in [-0.2, -0.15) is 0 Å². The minimum Gasteiger partial charge on any atom is -0.497 e. The molecule has 2 amide bonds. The molecule has 1 fully saturated rings. The fourth-order valence-electron chi connectivity index (χ4n) is 4.73. The van der Waals surface area contributed by atoms with Crippen molar-refractivity contribution in [3.05, 3.63) is 95.1 Å². The van der Waals surface area contributed by atoms with E-state index in [2.05, 4.69) is 5.32 Å². The van der Waals surface area contributed by atoms with E-state index < -0.39 is 0 Å². The molecular weight excluding hydrogens is 528 g/mol. The number of aryl methyl sites for hydroxylation is 1. The number of rotatable bonds is 9. The first kappa shape index (κ1) is 27.4. The second-order valence-electron chi connectivity index (χ2n) is 9.77. The normalized spacial score (nSPS) is 14.6. The highest BCUT2D eigenvalue weighted by Crippen LogP contribution is 2.26. The topological polar surface area (TPSA) is 85.7 Å². The number of amides is 2. The molecule has 5 rings (SSSR count). The summed E-state index contributed by atoms with van der Waals surface area (Å²) in [6.07, 6.45) is 3.53. The zero-order chi connectivity index (χ0) is 28.1. The van der Waals surface area contributed by atoms with E-state index in [9.17, 15) is 9.59 Å². The van der Waals surface area contributed by atoms with Gasteiger partial charge in [-0.15, -0.1) is 0 Å². The van der Waals surface area contributed by atoms with Gasteiger partial charge in [-0.3, -0.25) is 19.5 Å². The molecule has 0 bridgehead atoms. The largest absolute Gasteiger partial charge is 0.497 e. The second kappa shape index (κ2) is 12.4. The Morgan fingerprint density at radius 2 is 1.93 bits per heavy atom. The van der Waals surface area contributed by atoms with E-state index in [1.54, 1.807) is 43.5 Å². The van der Waals surface area contributed by atoms with Gasteiger partial charge in [0.15, 0.2) is 0 Å². The number of methoxy groups -OCH3 is 1. The third-order valence-electron chi connectivity index (χ3n) is 6.76. The Balaban J connectivity index is 1.42. The van der Waals surface area contributed by atoms with E-state index in [1.807, 2.05) is 54.1 Å². The maximum absolute atomic E-state index is 13.5. The van der Waals surface area contributed by atoms with Crippen LogP contribution in [0.3, 0.4) is 0 Å². The van der Waals surface area contributed by atoms with E-state index in [1.165, 1.54) is 4.90 Å². The third-order valence-corrected chi connectivity index (χ3v) is 7.02. The highest BCUT2D eigenvalue weighted by atomic mass is 35.5. The zero-order valence-corrected chi connectivity index (χ0v) is 23.2. The van der Waals surface area contributed by atoms with Crippen molar-refractivity contribution in [3.8, 4) is 22.7 Å². The molecule has 0 unspecified atom stereocenters. The fourth-order valence-corrected chi connectivity index (χ4v) is 4.86. The average Bonchev–Trinajstić information content (AvgIpc) is 3.63. The Hall–Kier alpha value is -4.14. The molecule has 0 aliphatic carbocycles. The maximum atomic E-state index is 13.5. The van der Waals surface area contributed by atoms with Gasteiger partial charge in [0.25, 0.3) is 5.91 Å². The summed E-state index contributed by atoms with van der Waals surface area (Å²) < 4.78 is 12.9. The Kier molecular flexibility index (Phi) is 8.48. The van der Waals surface area contributed by atoms with Gasteiger partial charge >= 0.3 is 0 Å². The molecule has 0 saturated carbocycles. The predicted octanol–water partition coefficient (Wildman–Crippen LogP) is 5.77. The SMILES string of the molecule is COc1cccc(C(=O)N(CC(=O)Nc2nc(-c3ccc(Cl)cc3)cn2-c2cccc(C)c2)C[C@@H]2CCCO2)c1. The molecular formula is C31H31ClN4O4. The molecule has 0 radical (unpaired) electrons. The number of carbonyl (C=O) groups excluding carboxylic acids is 2. The summed E-state index contributed by atoms with van der Waals surface area (Å²) in [7, 11) is 1.55. The molecule has 8 nitrogen and oxygen atoms in total. The van der Waals surface area contributed by atoms with Gasteiger partial charge in [-0.05, 0) is 67.8 Å². The molecule has 1 aliphatic rings. The van der Waals surface area contributed by atoms with E-state index in [-0.39, 0.29) is 24.5 Å². The fraction of sp³-hybridized carbons (Fsp3) is 0.258. The molecule has 2 heterocycles. The van der Waals surface area contributed by atoms with Crippen molar-refractivity contribution in [1.82, 2.24) is 14.5 Å². The number of halogens is 1. The molecule has 9 heteroatoms. The number of aromatic nitrogens is 2. The molecule has 1 N–H and O–H groups in total. The van der Waals surface area contributed by atoms with Gasteiger partial charge in [0.2, 0.25) is 11.9 Å². The van der Waals surface area contributed by atoms with Crippen LogP contribution in [0.5, 0.6) is 5.75 Å². The molecule has 1 saturated heterocycles. The summed E-state index contributed by atoms with van der Waals surface area (Å²) in [5.74, 6) is 0.290. The minimum atomic E-state index is -0.364. The van der Waals surface area contributed by atoms with Gasteiger partial charge in [0.1, 0.15) is 12.3 Å². The quantitative estimate of drug-likeness (QED) is 0.282. The first-order valence-electron chi connectivity index (χ1n) is 13.2. The number of carbonyl (C=O) groups is 2. The second-order valence-corrected chi connectivity index (χ2v) is 10.2. The van der Waals surface area contributed by atoms with Gasteiger partial charge in [0, 0.05) is 41.2 Å². The number of imidazole rings is 1. The van der Waals surface area contributed by atoms with Crippen molar-refractivity contribution in [2.75, 3.05) is 32.1 Å². The maximum Gasteiger partial charge on any atom is 0.254 e. The van der Waals surface area contributed by atoms with Crippen LogP contribution in [0.1, 0.15) is 28.8 Å². The van der Waals surface area contributed by atoms with Crippen LogP contribution >= 0.6 is 11.6 Å². The van der Waals surface area contributed by atoms with Crippen LogP contribution in [0.15, 0.2) is 79.0 Å². The van der Waals surface area contributed by atoms with Gasteiger partial charge in [0.05, 0.1) is 18.9 Å². The number of anilines is 1. The van der Waals surface area contributed by atoms with Gasteiger partial charge < -0.3 is 14.4 Å². The standard InChI is InChI=1S/C31H31ClN4O4/c1-21-6-3-8-25(16-21)36-19-28(22-11-13-24(32)14-12-22)33-31(36)34-29(37)20-35(18-27-10-5-15-40-27)30(38)23-7-4-9-26(17-23)39-2/h3-4,6-9,11-14,16-17,19,27H,5,10,15,18,20H2,1-2H3,(H,33,34,37)/t27-/m0/s1. The highest BCUT2D eigenvalue weighted by molar-refractivity contribution is 6.30. The average molecular weight is 559 g/mol. The smallest absolute Gasteiger partial charge is 0.254 e. The van der Waals surface area contributed by atoms with E-state index in [0.717, 1.165) is 29.7 Å². The Morgan fingerprint density at radius 3 is 2.65 bits per heavy atom. The number of benzene rings is 3. The van der Waals surface area contributed by atoms with Gasteiger partial charge in [-0.25, -0.2) is 4.98 Å². The van der Waals surface area contributed by atoms with Crippen LogP contribution in [-0.2, 0) is 9.53 Å². The van der Waals surface area contributed by atoms with Crippen LogP contribution in [0.2, 0.25) is 5.02 Å². The lowest BCUT2D eigenvalue weighted by Crippen LogP contribution is -2.42. The first-order valence-corrected chi connectivity index (χ1v) is 13.5. The van der Waals surface area contributed by atoms with Crippen molar-refractivity contribution in [3.63, 3.8) is 0 Å². The summed E-state index contributed by atoms with van der Waals surface area (Å²) in [4.78, 5) is 33.3. The molecule has 40 heavy (non-hydrogen) atoms. The molecule has 206 valence electrons. The lowest BCUT2D eigenvalue weighted by molar-refractivity contribution is -0.117. The molecule has 0 spiro atoms. The van der Waals surface area contributed by atoms with Crippen LogP contribution in [-0.4, -0.2) is 59.2 Å². The summed E-state index contributed by atoms with van der Waals surface area (Å²) in [5, 5.41) is 3.57. The van der Waals surface area contributed by atoms with Crippen LogP contribution in [0, 0.1) is 6.92 Å². The molecule has 3 aromatic carbocycles. The monoisotopic (exact) mass is 558 g/mol. The van der Waals surface area contributed by atoms with Crippen LogP contribution < -0.4 is 10.1 Å². The first-order chi connectivity index (χ1) is 19.4. The van der Waals surface area contributed by atoms with Crippen molar-refractivity contribution >= 4 is 29.4 Å². The summed E-state index contributed by atoms with van der Waals surface area (Å²) >= 11 is 6.08. The molecule has 1 aromatic heterocycles.